The molecule has 100 valence electrons. The van der Waals surface area contributed by atoms with E-state index >= 15 is 0 Å². The molecule has 0 aromatic heterocycles. The fourth-order valence-electron chi connectivity index (χ4n) is 2.48. The van der Waals surface area contributed by atoms with Gasteiger partial charge in [0.1, 0.15) is 5.60 Å². The summed E-state index contributed by atoms with van der Waals surface area (Å²) in [4.78, 5) is 11.6. The van der Waals surface area contributed by atoms with E-state index < -0.39 is 0 Å². The summed E-state index contributed by atoms with van der Waals surface area (Å²) in [7, 11) is 0. The Bertz CT molecular complexity index is 239. The number of hydrogen-bond donors (Lipinski definition) is 1. The van der Waals surface area contributed by atoms with Crippen molar-refractivity contribution in [2.45, 2.75) is 77.4 Å². The van der Waals surface area contributed by atoms with Crippen molar-refractivity contribution in [3.05, 3.63) is 0 Å². The molecule has 1 atom stereocenters. The standard InChI is InChI=1S/C14H27NO2/c1-14(2,3)17-13(16)10-9-12(15)11-7-5-4-6-8-11/h11-12H,4-10,15H2,1-3H3. The molecule has 0 amide bonds. The fraction of sp³-hybridized carbons (Fsp3) is 0.929. The summed E-state index contributed by atoms with van der Waals surface area (Å²) in [5.41, 5.74) is 5.77. The van der Waals surface area contributed by atoms with Crippen LogP contribution in [0, 0.1) is 5.92 Å². The van der Waals surface area contributed by atoms with Crippen LogP contribution in [0.25, 0.3) is 0 Å². The molecule has 3 heteroatoms. The van der Waals surface area contributed by atoms with E-state index in [1.807, 2.05) is 20.8 Å². The number of ether oxygens (including phenoxy) is 1. The average molecular weight is 241 g/mol. The fourth-order valence-corrected chi connectivity index (χ4v) is 2.48. The molecule has 0 bridgehead atoms. The number of nitrogens with two attached hydrogens (primary N) is 1. The number of hydrogen-bond acceptors (Lipinski definition) is 3. The van der Waals surface area contributed by atoms with Gasteiger partial charge in [-0.3, -0.25) is 4.79 Å². The normalized spacial score (nSPS) is 20.0. The zero-order valence-corrected chi connectivity index (χ0v) is 11.5. The van der Waals surface area contributed by atoms with Gasteiger partial charge in [0.05, 0.1) is 0 Å². The molecule has 0 aliphatic heterocycles. The first kappa shape index (κ1) is 14.5. The molecule has 3 nitrogen and oxygen atoms in total. The Hall–Kier alpha value is -0.570. The third-order valence-electron chi connectivity index (χ3n) is 3.36. The Morgan fingerprint density at radius 1 is 1.29 bits per heavy atom. The summed E-state index contributed by atoms with van der Waals surface area (Å²) in [6.07, 6.45) is 7.62. The molecule has 1 fully saturated rings. The summed E-state index contributed by atoms with van der Waals surface area (Å²) in [5, 5.41) is 0. The van der Waals surface area contributed by atoms with Gasteiger partial charge in [0.25, 0.3) is 0 Å². The number of carbonyl (C=O) groups excluding carboxylic acids is 1. The van der Waals surface area contributed by atoms with Crippen LogP contribution in [0.1, 0.15) is 65.7 Å². The van der Waals surface area contributed by atoms with Crippen LogP contribution >= 0.6 is 0 Å². The van der Waals surface area contributed by atoms with E-state index in [9.17, 15) is 4.79 Å². The Balaban J connectivity index is 2.22. The van der Waals surface area contributed by atoms with Crippen molar-refractivity contribution in [2.75, 3.05) is 0 Å². The van der Waals surface area contributed by atoms with Crippen LogP contribution in [0.2, 0.25) is 0 Å². The lowest BCUT2D eigenvalue weighted by atomic mass is 9.83. The molecule has 17 heavy (non-hydrogen) atoms. The molecule has 0 spiro atoms. The van der Waals surface area contributed by atoms with Crippen LogP contribution in [-0.4, -0.2) is 17.6 Å². The maximum absolute atomic E-state index is 11.6. The SMILES string of the molecule is CC(C)(C)OC(=O)CCC(N)C1CCCCC1. The minimum atomic E-state index is -0.383. The zero-order valence-electron chi connectivity index (χ0n) is 11.5. The molecule has 1 unspecified atom stereocenters. The molecule has 1 rings (SSSR count). The molecule has 1 aliphatic rings. The maximum Gasteiger partial charge on any atom is 0.306 e. The third-order valence-corrected chi connectivity index (χ3v) is 3.36. The molecule has 1 saturated carbocycles. The molecule has 0 heterocycles. The van der Waals surface area contributed by atoms with Crippen LogP contribution in [-0.2, 0) is 9.53 Å². The summed E-state index contributed by atoms with van der Waals surface area (Å²) in [5.74, 6) is 0.495. The minimum absolute atomic E-state index is 0.122. The van der Waals surface area contributed by atoms with E-state index in [-0.39, 0.29) is 17.6 Å². The van der Waals surface area contributed by atoms with Crippen LogP contribution in [0.4, 0.5) is 0 Å². The van der Waals surface area contributed by atoms with Gasteiger partial charge in [-0.15, -0.1) is 0 Å². The first-order valence-electron chi connectivity index (χ1n) is 6.86. The molecule has 0 saturated heterocycles. The number of esters is 1. The summed E-state index contributed by atoms with van der Waals surface area (Å²) < 4.78 is 5.28. The van der Waals surface area contributed by atoms with Crippen molar-refractivity contribution in [1.29, 1.82) is 0 Å². The van der Waals surface area contributed by atoms with E-state index in [0.717, 1.165) is 6.42 Å². The number of carbonyl (C=O) groups is 1. The average Bonchev–Trinajstić information content (AvgIpc) is 2.25. The quantitative estimate of drug-likeness (QED) is 0.770. The maximum atomic E-state index is 11.6. The van der Waals surface area contributed by atoms with Gasteiger partial charge < -0.3 is 10.5 Å². The molecular formula is C14H27NO2. The van der Waals surface area contributed by atoms with Gasteiger partial charge in [-0.2, -0.15) is 0 Å². The highest BCUT2D eigenvalue weighted by atomic mass is 16.6. The van der Waals surface area contributed by atoms with Crippen LogP contribution < -0.4 is 5.73 Å². The second-order valence-electron chi connectivity index (χ2n) is 6.19. The van der Waals surface area contributed by atoms with Gasteiger partial charge in [-0.1, -0.05) is 19.3 Å². The van der Waals surface area contributed by atoms with Crippen molar-refractivity contribution in [1.82, 2.24) is 0 Å². The van der Waals surface area contributed by atoms with Gasteiger partial charge in [-0.25, -0.2) is 0 Å². The van der Waals surface area contributed by atoms with Crippen molar-refractivity contribution < 1.29 is 9.53 Å². The van der Waals surface area contributed by atoms with Crippen molar-refractivity contribution in [3.8, 4) is 0 Å². The van der Waals surface area contributed by atoms with Gasteiger partial charge in [0.15, 0.2) is 0 Å². The Morgan fingerprint density at radius 2 is 1.88 bits per heavy atom. The minimum Gasteiger partial charge on any atom is -0.460 e. The molecular weight excluding hydrogens is 214 g/mol. The number of rotatable bonds is 4. The van der Waals surface area contributed by atoms with E-state index in [4.69, 9.17) is 10.5 Å². The summed E-state index contributed by atoms with van der Waals surface area (Å²) in [6, 6.07) is 0.169. The summed E-state index contributed by atoms with van der Waals surface area (Å²) >= 11 is 0. The van der Waals surface area contributed by atoms with E-state index in [1.165, 1.54) is 32.1 Å². The van der Waals surface area contributed by atoms with Crippen molar-refractivity contribution in [2.24, 2.45) is 11.7 Å². The predicted octanol–water partition coefficient (Wildman–Crippen LogP) is 3.02. The van der Waals surface area contributed by atoms with E-state index in [2.05, 4.69) is 0 Å². The lowest BCUT2D eigenvalue weighted by Crippen LogP contribution is -2.33. The smallest absolute Gasteiger partial charge is 0.306 e. The van der Waals surface area contributed by atoms with Gasteiger partial charge >= 0.3 is 5.97 Å². The van der Waals surface area contributed by atoms with Crippen molar-refractivity contribution in [3.63, 3.8) is 0 Å². The monoisotopic (exact) mass is 241 g/mol. The first-order valence-corrected chi connectivity index (χ1v) is 6.86. The Morgan fingerprint density at radius 3 is 2.41 bits per heavy atom. The molecule has 0 aromatic rings. The highest BCUT2D eigenvalue weighted by Gasteiger charge is 2.22. The molecule has 2 N–H and O–H groups in total. The highest BCUT2D eigenvalue weighted by Crippen LogP contribution is 2.27. The third kappa shape index (κ3) is 6.06. The summed E-state index contributed by atoms with van der Waals surface area (Å²) in [6.45, 7) is 5.68. The second kappa shape index (κ2) is 6.39. The van der Waals surface area contributed by atoms with Gasteiger partial charge in [0.2, 0.25) is 0 Å². The lowest BCUT2D eigenvalue weighted by molar-refractivity contribution is -0.155. The van der Waals surface area contributed by atoms with E-state index in [0.29, 0.717) is 12.3 Å². The topological polar surface area (TPSA) is 52.3 Å². The Kier molecular flexibility index (Phi) is 5.44. The van der Waals surface area contributed by atoms with Crippen LogP contribution in [0.15, 0.2) is 0 Å². The van der Waals surface area contributed by atoms with Crippen LogP contribution in [0.5, 0.6) is 0 Å². The zero-order chi connectivity index (χ0) is 12.9. The molecule has 1 aliphatic carbocycles. The Labute approximate surface area is 105 Å². The predicted molar refractivity (Wildman–Crippen MR) is 69.6 cm³/mol. The van der Waals surface area contributed by atoms with Crippen molar-refractivity contribution >= 4 is 5.97 Å². The first-order chi connectivity index (χ1) is 7.88. The lowest BCUT2D eigenvalue weighted by Gasteiger charge is -2.27. The second-order valence-corrected chi connectivity index (χ2v) is 6.19. The molecule has 0 aromatic carbocycles. The van der Waals surface area contributed by atoms with Crippen LogP contribution in [0.3, 0.4) is 0 Å². The van der Waals surface area contributed by atoms with Gasteiger partial charge in [0, 0.05) is 12.5 Å². The van der Waals surface area contributed by atoms with E-state index in [1.54, 1.807) is 0 Å². The molecule has 0 radical (unpaired) electrons. The van der Waals surface area contributed by atoms with Gasteiger partial charge in [-0.05, 0) is 46.0 Å². The highest BCUT2D eigenvalue weighted by molar-refractivity contribution is 5.69. The largest absolute Gasteiger partial charge is 0.460 e.